The summed E-state index contributed by atoms with van der Waals surface area (Å²) in [7, 11) is 0. The summed E-state index contributed by atoms with van der Waals surface area (Å²) in [5.74, 6) is 1.24. The Morgan fingerprint density at radius 3 is 1.94 bits per heavy atom. The lowest BCUT2D eigenvalue weighted by Gasteiger charge is -2.12. The summed E-state index contributed by atoms with van der Waals surface area (Å²) < 4.78 is 12.2. The first-order valence-electron chi connectivity index (χ1n) is 9.39. The molecule has 0 amide bonds. The highest BCUT2D eigenvalue weighted by atomic mass is 79.9. The van der Waals surface area contributed by atoms with Crippen molar-refractivity contribution in [3.8, 4) is 22.9 Å². The number of thiocarbonyl (C=S) groups is 1. The summed E-state index contributed by atoms with van der Waals surface area (Å²) in [6.07, 6.45) is 3.22. The van der Waals surface area contributed by atoms with Crippen molar-refractivity contribution in [2.75, 3.05) is 10.6 Å². The molecule has 5 aromatic rings. The predicted molar refractivity (Wildman–Crippen MR) is 129 cm³/mol. The molecule has 0 atom stereocenters. The zero-order valence-electron chi connectivity index (χ0n) is 16.0. The van der Waals surface area contributed by atoms with Gasteiger partial charge in [0.25, 0.3) is 0 Å². The number of furan rings is 2. The second kappa shape index (κ2) is 8.33. The van der Waals surface area contributed by atoms with Gasteiger partial charge in [0.1, 0.15) is 11.4 Å². The van der Waals surface area contributed by atoms with Gasteiger partial charge in [-0.05, 0) is 78.9 Å². The minimum Gasteiger partial charge on any atom is -0.463 e. The predicted octanol–water partition coefficient (Wildman–Crippen LogP) is 6.72. The van der Waals surface area contributed by atoms with Crippen LogP contribution in [0, 0.1) is 0 Å². The average molecular weight is 491 g/mol. The Hall–Kier alpha value is -3.49. The monoisotopic (exact) mass is 490 g/mol. The van der Waals surface area contributed by atoms with Crippen LogP contribution in [0.5, 0.6) is 0 Å². The van der Waals surface area contributed by atoms with Gasteiger partial charge in [-0.2, -0.15) is 0 Å². The van der Waals surface area contributed by atoms with E-state index in [1.54, 1.807) is 12.5 Å². The molecular formula is C23H15BrN4O2S. The van der Waals surface area contributed by atoms with E-state index in [0.717, 1.165) is 21.4 Å². The maximum Gasteiger partial charge on any atom is 0.175 e. The molecule has 152 valence electrons. The smallest absolute Gasteiger partial charge is 0.175 e. The Kier molecular flexibility index (Phi) is 5.23. The molecule has 0 saturated carbocycles. The molecule has 6 nitrogen and oxygen atoms in total. The minimum absolute atomic E-state index is 0.480. The molecule has 8 heteroatoms. The number of fused-ring (bicyclic) bond motifs is 1. The number of nitrogens with zero attached hydrogens (tertiary/aromatic N) is 2. The number of benzene rings is 2. The number of hydrogen-bond donors (Lipinski definition) is 2. The molecule has 2 N–H and O–H groups in total. The molecule has 0 unspecified atom stereocenters. The van der Waals surface area contributed by atoms with Crippen LogP contribution < -0.4 is 10.6 Å². The maximum atomic E-state index is 5.58. The van der Waals surface area contributed by atoms with Gasteiger partial charge in [-0.15, -0.1) is 0 Å². The van der Waals surface area contributed by atoms with Crippen molar-refractivity contribution in [2.24, 2.45) is 0 Å². The van der Waals surface area contributed by atoms with Crippen molar-refractivity contribution in [3.05, 3.63) is 83.7 Å². The van der Waals surface area contributed by atoms with Gasteiger partial charge in [0.05, 0.1) is 23.6 Å². The molecule has 0 aliphatic rings. The number of rotatable bonds is 4. The van der Waals surface area contributed by atoms with Crippen LogP contribution in [0.3, 0.4) is 0 Å². The molecule has 0 aliphatic heterocycles. The van der Waals surface area contributed by atoms with E-state index < -0.39 is 0 Å². The van der Waals surface area contributed by atoms with E-state index in [1.165, 1.54) is 0 Å². The zero-order valence-corrected chi connectivity index (χ0v) is 18.4. The van der Waals surface area contributed by atoms with Crippen LogP contribution in [0.25, 0.3) is 33.9 Å². The van der Waals surface area contributed by atoms with E-state index in [-0.39, 0.29) is 0 Å². The Morgan fingerprint density at radius 1 is 0.742 bits per heavy atom. The third-order valence-electron chi connectivity index (χ3n) is 4.53. The van der Waals surface area contributed by atoms with Crippen molar-refractivity contribution >= 4 is 55.7 Å². The van der Waals surface area contributed by atoms with Crippen LogP contribution >= 0.6 is 28.1 Å². The van der Waals surface area contributed by atoms with E-state index in [4.69, 9.17) is 31.0 Å². The van der Waals surface area contributed by atoms with Crippen molar-refractivity contribution in [3.63, 3.8) is 0 Å². The Labute approximate surface area is 191 Å². The lowest BCUT2D eigenvalue weighted by Crippen LogP contribution is -2.19. The van der Waals surface area contributed by atoms with Crippen molar-refractivity contribution in [2.45, 2.75) is 0 Å². The highest BCUT2D eigenvalue weighted by Crippen LogP contribution is 2.32. The zero-order chi connectivity index (χ0) is 21.2. The topological polar surface area (TPSA) is 76.1 Å². The van der Waals surface area contributed by atoms with E-state index >= 15 is 0 Å². The first-order valence-corrected chi connectivity index (χ1v) is 10.6. The van der Waals surface area contributed by atoms with Gasteiger partial charge >= 0.3 is 0 Å². The number of anilines is 2. The molecule has 3 aromatic heterocycles. The lowest BCUT2D eigenvalue weighted by molar-refractivity contribution is 0.572. The summed E-state index contributed by atoms with van der Waals surface area (Å²) in [5.41, 5.74) is 4.37. The van der Waals surface area contributed by atoms with Gasteiger partial charge in [0.15, 0.2) is 16.6 Å². The molecule has 31 heavy (non-hydrogen) atoms. The van der Waals surface area contributed by atoms with Gasteiger partial charge in [0.2, 0.25) is 0 Å². The molecule has 5 rings (SSSR count). The Balaban J connectivity index is 1.47. The number of hydrogen-bond acceptors (Lipinski definition) is 5. The standard InChI is InChI=1S/C23H15BrN4O2S/c24-14-5-7-15(8-6-14)25-23(31)26-16-9-10-17-18(13-16)28-22(20-4-2-12-30-20)21(27-17)19-3-1-11-29-19/h1-13H,(H2,25,26,31). The summed E-state index contributed by atoms with van der Waals surface area (Å²) in [4.78, 5) is 9.58. The summed E-state index contributed by atoms with van der Waals surface area (Å²) in [5, 5.41) is 6.84. The second-order valence-electron chi connectivity index (χ2n) is 6.66. The van der Waals surface area contributed by atoms with Crippen LogP contribution in [0.1, 0.15) is 0 Å². The molecule has 0 bridgehead atoms. The SMILES string of the molecule is S=C(Nc1ccc(Br)cc1)Nc1ccc2nc(-c3ccco3)c(-c3ccco3)nc2c1. The van der Waals surface area contributed by atoms with E-state index in [0.29, 0.717) is 33.5 Å². The third kappa shape index (κ3) is 4.21. The first-order chi connectivity index (χ1) is 15.2. The van der Waals surface area contributed by atoms with E-state index in [9.17, 15) is 0 Å². The van der Waals surface area contributed by atoms with Crippen LogP contribution in [-0.4, -0.2) is 15.1 Å². The molecule has 0 spiro atoms. The number of halogens is 1. The fourth-order valence-electron chi connectivity index (χ4n) is 3.13. The number of nitrogens with one attached hydrogen (secondary N) is 2. The lowest BCUT2D eigenvalue weighted by atomic mass is 10.1. The fourth-order valence-corrected chi connectivity index (χ4v) is 3.63. The molecular weight excluding hydrogens is 476 g/mol. The van der Waals surface area contributed by atoms with Crippen LogP contribution in [0.2, 0.25) is 0 Å². The average Bonchev–Trinajstić information content (AvgIpc) is 3.49. The summed E-state index contributed by atoms with van der Waals surface area (Å²) >= 11 is 8.87. The third-order valence-corrected chi connectivity index (χ3v) is 5.27. The van der Waals surface area contributed by atoms with Crippen molar-refractivity contribution in [1.82, 2.24) is 9.97 Å². The van der Waals surface area contributed by atoms with E-state index in [1.807, 2.05) is 66.7 Å². The normalized spacial score (nSPS) is 10.9. The Morgan fingerprint density at radius 2 is 1.32 bits per heavy atom. The van der Waals surface area contributed by atoms with Crippen molar-refractivity contribution in [1.29, 1.82) is 0 Å². The van der Waals surface area contributed by atoms with Crippen molar-refractivity contribution < 1.29 is 8.83 Å². The highest BCUT2D eigenvalue weighted by molar-refractivity contribution is 9.10. The second-order valence-corrected chi connectivity index (χ2v) is 7.99. The maximum absolute atomic E-state index is 5.58. The highest BCUT2D eigenvalue weighted by Gasteiger charge is 2.17. The van der Waals surface area contributed by atoms with Gasteiger partial charge < -0.3 is 19.5 Å². The minimum atomic E-state index is 0.480. The first kappa shape index (κ1) is 19.5. The van der Waals surface area contributed by atoms with Gasteiger partial charge in [-0.1, -0.05) is 15.9 Å². The molecule has 0 fully saturated rings. The quantitative estimate of drug-likeness (QED) is 0.270. The van der Waals surface area contributed by atoms with Gasteiger partial charge in [-0.3, -0.25) is 0 Å². The molecule has 2 aromatic carbocycles. The summed E-state index contributed by atoms with van der Waals surface area (Å²) in [6.45, 7) is 0. The molecule has 3 heterocycles. The molecule has 0 radical (unpaired) electrons. The fraction of sp³-hybridized carbons (Fsp3) is 0. The molecule has 0 saturated heterocycles. The largest absolute Gasteiger partial charge is 0.463 e. The van der Waals surface area contributed by atoms with Crippen LogP contribution in [0.15, 0.2) is 92.6 Å². The summed E-state index contributed by atoms with van der Waals surface area (Å²) in [6, 6.07) is 20.8. The van der Waals surface area contributed by atoms with E-state index in [2.05, 4.69) is 26.6 Å². The number of aromatic nitrogens is 2. The Bertz CT molecular complexity index is 1350. The van der Waals surface area contributed by atoms with Gasteiger partial charge in [-0.25, -0.2) is 9.97 Å². The van der Waals surface area contributed by atoms with Gasteiger partial charge in [0, 0.05) is 15.8 Å². The van der Waals surface area contributed by atoms with Crippen LogP contribution in [-0.2, 0) is 0 Å². The van der Waals surface area contributed by atoms with Crippen LogP contribution in [0.4, 0.5) is 11.4 Å². The molecule has 0 aliphatic carbocycles.